The molecule has 1 atom stereocenters. The van der Waals surface area contributed by atoms with E-state index in [0.717, 1.165) is 26.7 Å². The van der Waals surface area contributed by atoms with E-state index in [9.17, 15) is 14.9 Å². The fourth-order valence-corrected chi connectivity index (χ4v) is 5.77. The van der Waals surface area contributed by atoms with Crippen LogP contribution < -0.4 is 26.2 Å². The summed E-state index contributed by atoms with van der Waals surface area (Å²) in [4.78, 5) is 28.0. The van der Waals surface area contributed by atoms with E-state index < -0.39 is 11.8 Å². The number of nitrogens with zero attached hydrogens (tertiary/aromatic N) is 2. The van der Waals surface area contributed by atoms with Gasteiger partial charge in [-0.3, -0.25) is 14.2 Å². The largest absolute Gasteiger partial charge is 0.384 e. The average molecular weight is 493 g/mol. The maximum absolute atomic E-state index is 13.3. The number of nitrogens with two attached hydrogens (primary N) is 2. The lowest BCUT2D eigenvalue weighted by atomic mass is 9.83. The van der Waals surface area contributed by atoms with Gasteiger partial charge in [-0.25, -0.2) is 0 Å². The van der Waals surface area contributed by atoms with Crippen LogP contribution in [0.3, 0.4) is 0 Å². The number of fused-ring (bicyclic) bond motifs is 1. The van der Waals surface area contributed by atoms with Crippen LogP contribution in [0.1, 0.15) is 17.0 Å². The number of hydrogen-bond acceptors (Lipinski definition) is 7. The van der Waals surface area contributed by atoms with Crippen molar-refractivity contribution in [3.05, 3.63) is 84.8 Å². The molecule has 1 amide bonds. The molecule has 0 spiro atoms. The standard InChI is InChI=1S/C24H20N4O2S3/c1-31-15-7-3-13(4-8-15)11-18-23(30)28-21(26)17(12-25)19(20(22(27)29)24(28)33-18)14-5-9-16(32-2)10-6-14/h3-11,19H,26H2,1-2H3,(H2,27,29)/b18-11+. The van der Waals surface area contributed by atoms with Crippen molar-refractivity contribution in [1.29, 1.82) is 5.26 Å². The van der Waals surface area contributed by atoms with Gasteiger partial charge >= 0.3 is 0 Å². The van der Waals surface area contributed by atoms with E-state index in [2.05, 4.69) is 6.07 Å². The minimum atomic E-state index is -0.741. The van der Waals surface area contributed by atoms with Crippen LogP contribution in [0.15, 0.2) is 68.7 Å². The Hall–Kier alpha value is -3.19. The van der Waals surface area contributed by atoms with Crippen molar-refractivity contribution < 1.29 is 4.79 Å². The van der Waals surface area contributed by atoms with Gasteiger partial charge in [0.1, 0.15) is 10.5 Å². The predicted octanol–water partition coefficient (Wildman–Crippen LogP) is 2.27. The van der Waals surface area contributed by atoms with Gasteiger partial charge in [0.05, 0.1) is 27.7 Å². The van der Waals surface area contributed by atoms with Crippen LogP contribution in [0.5, 0.6) is 0 Å². The van der Waals surface area contributed by atoms with Crippen LogP contribution in [0.25, 0.3) is 17.5 Å². The van der Waals surface area contributed by atoms with Crippen LogP contribution in [-0.2, 0) is 4.79 Å². The molecule has 0 bridgehead atoms. The molecule has 6 nitrogen and oxygen atoms in total. The van der Waals surface area contributed by atoms with Crippen LogP contribution in [0.4, 0.5) is 0 Å². The summed E-state index contributed by atoms with van der Waals surface area (Å²) in [6.45, 7) is 0. The van der Waals surface area contributed by atoms with Crippen molar-refractivity contribution in [3.8, 4) is 6.07 Å². The molecule has 33 heavy (non-hydrogen) atoms. The molecular formula is C24H20N4O2S3. The Morgan fingerprint density at radius 1 is 1.09 bits per heavy atom. The van der Waals surface area contributed by atoms with Crippen molar-refractivity contribution in [3.63, 3.8) is 0 Å². The number of nitriles is 1. The lowest BCUT2D eigenvalue weighted by molar-refractivity contribution is -0.113. The zero-order valence-electron chi connectivity index (χ0n) is 17.9. The van der Waals surface area contributed by atoms with Gasteiger partial charge in [0.25, 0.3) is 5.56 Å². The van der Waals surface area contributed by atoms with E-state index in [1.165, 1.54) is 4.57 Å². The molecule has 3 aromatic rings. The second-order valence-electron chi connectivity index (χ2n) is 7.22. The Kier molecular flexibility index (Phi) is 6.51. The summed E-state index contributed by atoms with van der Waals surface area (Å²) in [5, 5.41) is 9.92. The quantitative estimate of drug-likeness (QED) is 0.528. The molecule has 1 unspecified atom stereocenters. The highest BCUT2D eigenvalue weighted by atomic mass is 32.2. The summed E-state index contributed by atoms with van der Waals surface area (Å²) >= 11 is 4.37. The van der Waals surface area contributed by atoms with E-state index in [1.807, 2.05) is 61.0 Å². The van der Waals surface area contributed by atoms with Gasteiger partial charge in [0, 0.05) is 9.79 Å². The fraction of sp³-hybridized carbons (Fsp3) is 0.125. The first-order valence-electron chi connectivity index (χ1n) is 9.85. The molecular weight excluding hydrogens is 472 g/mol. The molecule has 0 aliphatic carbocycles. The summed E-state index contributed by atoms with van der Waals surface area (Å²) in [5.41, 5.74) is 13.6. The number of hydrogen-bond donors (Lipinski definition) is 2. The molecule has 1 aliphatic rings. The van der Waals surface area contributed by atoms with Gasteiger partial charge in [-0.2, -0.15) is 5.26 Å². The Morgan fingerprint density at radius 3 is 2.18 bits per heavy atom. The Labute approximate surface area is 202 Å². The zero-order chi connectivity index (χ0) is 23.7. The number of amides is 1. The summed E-state index contributed by atoms with van der Waals surface area (Å²) in [6.07, 6.45) is 5.71. The van der Waals surface area contributed by atoms with Crippen molar-refractivity contribution >= 4 is 58.2 Å². The minimum Gasteiger partial charge on any atom is -0.384 e. The van der Waals surface area contributed by atoms with Crippen LogP contribution in [-0.4, -0.2) is 23.0 Å². The monoisotopic (exact) mass is 492 g/mol. The van der Waals surface area contributed by atoms with Crippen molar-refractivity contribution in [1.82, 2.24) is 4.57 Å². The lowest BCUT2D eigenvalue weighted by Gasteiger charge is -2.24. The molecule has 0 fully saturated rings. The van der Waals surface area contributed by atoms with Gasteiger partial charge in [0.15, 0.2) is 0 Å². The van der Waals surface area contributed by atoms with Gasteiger partial charge in [-0.15, -0.1) is 34.9 Å². The smallest absolute Gasteiger partial charge is 0.274 e. The molecule has 0 saturated carbocycles. The van der Waals surface area contributed by atoms with E-state index in [1.54, 1.807) is 29.6 Å². The minimum absolute atomic E-state index is 0.0232. The molecule has 2 aromatic carbocycles. The fourth-order valence-electron chi connectivity index (χ4n) is 3.77. The first-order chi connectivity index (χ1) is 15.9. The normalized spacial score (nSPS) is 16.0. The highest BCUT2D eigenvalue weighted by molar-refractivity contribution is 7.98. The molecule has 0 saturated heterocycles. The second kappa shape index (κ2) is 9.35. The number of benzene rings is 2. The van der Waals surface area contributed by atoms with Crippen LogP contribution >= 0.6 is 34.9 Å². The average Bonchev–Trinajstić information content (AvgIpc) is 3.15. The molecule has 0 radical (unpaired) electrons. The van der Waals surface area contributed by atoms with Gasteiger partial charge in [-0.05, 0) is 54.0 Å². The third kappa shape index (κ3) is 4.13. The van der Waals surface area contributed by atoms with E-state index in [4.69, 9.17) is 11.5 Å². The number of rotatable bonds is 5. The summed E-state index contributed by atoms with van der Waals surface area (Å²) in [6, 6.07) is 17.4. The number of allylic oxidation sites excluding steroid dienone is 1. The number of aromatic nitrogens is 1. The first-order valence-corrected chi connectivity index (χ1v) is 13.1. The zero-order valence-corrected chi connectivity index (χ0v) is 20.3. The molecule has 4 rings (SSSR count). The Morgan fingerprint density at radius 2 is 1.67 bits per heavy atom. The number of primary amides is 1. The Balaban J connectivity index is 2.01. The number of carbonyl (C=O) groups excluding carboxylic acids is 1. The lowest BCUT2D eigenvalue weighted by Crippen LogP contribution is -2.41. The first kappa shape index (κ1) is 23.0. The second-order valence-corrected chi connectivity index (χ2v) is 10.0. The Bertz CT molecular complexity index is 1490. The maximum atomic E-state index is 13.3. The van der Waals surface area contributed by atoms with Gasteiger partial charge < -0.3 is 11.5 Å². The van der Waals surface area contributed by atoms with Crippen molar-refractivity contribution in [2.45, 2.75) is 15.7 Å². The van der Waals surface area contributed by atoms with Crippen molar-refractivity contribution in [2.75, 3.05) is 12.5 Å². The van der Waals surface area contributed by atoms with Crippen molar-refractivity contribution in [2.24, 2.45) is 11.5 Å². The summed E-state index contributed by atoms with van der Waals surface area (Å²) in [5.74, 6) is -1.41. The highest BCUT2D eigenvalue weighted by Gasteiger charge is 2.34. The summed E-state index contributed by atoms with van der Waals surface area (Å²) < 4.78 is 1.99. The van der Waals surface area contributed by atoms with Crippen LogP contribution in [0, 0.1) is 11.3 Å². The number of carbonyl (C=O) groups is 1. The summed E-state index contributed by atoms with van der Waals surface area (Å²) in [7, 11) is 0. The molecule has 9 heteroatoms. The third-order valence-corrected chi connectivity index (χ3v) is 7.99. The van der Waals surface area contributed by atoms with Crippen LogP contribution in [0.2, 0.25) is 0 Å². The molecule has 1 aromatic heterocycles. The van der Waals surface area contributed by atoms with Gasteiger partial charge in [0.2, 0.25) is 5.91 Å². The SMILES string of the molecule is CSc1ccc(/C=c2/sc3n(c2=O)C(N)=C(C#N)C(c2ccc(SC)cc2)C=3C(N)=O)cc1. The van der Waals surface area contributed by atoms with E-state index in [-0.39, 0.29) is 22.5 Å². The molecule has 1 aliphatic heterocycles. The van der Waals surface area contributed by atoms with Gasteiger partial charge in [-0.1, -0.05) is 24.3 Å². The maximum Gasteiger partial charge on any atom is 0.274 e. The topological polar surface area (TPSA) is 115 Å². The highest BCUT2D eigenvalue weighted by Crippen LogP contribution is 2.36. The molecule has 2 heterocycles. The predicted molar refractivity (Wildman–Crippen MR) is 136 cm³/mol. The molecule has 166 valence electrons. The number of thiazole rings is 1. The number of thioether (sulfide) groups is 2. The van der Waals surface area contributed by atoms with E-state index >= 15 is 0 Å². The van der Waals surface area contributed by atoms with E-state index in [0.29, 0.717) is 14.8 Å². The molecule has 4 N–H and O–H groups in total. The third-order valence-electron chi connectivity index (χ3n) is 5.40.